The molecule has 0 aliphatic rings. The van der Waals surface area contributed by atoms with Gasteiger partial charge in [-0.15, -0.1) is 24.0 Å². The second-order valence-corrected chi connectivity index (χ2v) is 6.71. The molecule has 0 unspecified atom stereocenters. The average molecular weight is 525 g/mol. The first-order valence-electron chi connectivity index (χ1n) is 10.6. The van der Waals surface area contributed by atoms with Crippen LogP contribution < -0.4 is 15.4 Å². The van der Waals surface area contributed by atoms with Crippen molar-refractivity contribution in [2.45, 2.75) is 33.7 Å². The molecule has 0 aliphatic heterocycles. The molecule has 2 N–H and O–H groups in total. The van der Waals surface area contributed by atoms with Crippen molar-refractivity contribution in [1.29, 1.82) is 0 Å². The van der Waals surface area contributed by atoms with Crippen molar-refractivity contribution in [3.63, 3.8) is 0 Å². The van der Waals surface area contributed by atoms with Crippen molar-refractivity contribution in [3.8, 4) is 5.75 Å². The van der Waals surface area contributed by atoms with E-state index in [1.54, 1.807) is 0 Å². The van der Waals surface area contributed by atoms with Crippen LogP contribution >= 0.6 is 24.0 Å². The number of benzene rings is 1. The predicted octanol–water partition coefficient (Wildman–Crippen LogP) is 3.72. The van der Waals surface area contributed by atoms with Gasteiger partial charge in [0.05, 0.1) is 6.54 Å². The Kier molecular flexibility index (Phi) is 13.9. The van der Waals surface area contributed by atoms with E-state index in [1.807, 2.05) is 36.5 Å². The van der Waals surface area contributed by atoms with Gasteiger partial charge in [-0.2, -0.15) is 0 Å². The Balaban J connectivity index is 0.00000450. The Labute approximate surface area is 198 Å². The van der Waals surface area contributed by atoms with Crippen LogP contribution in [0.5, 0.6) is 5.75 Å². The molecular formula is C23H36IN5O. The molecule has 2 aromatic rings. The van der Waals surface area contributed by atoms with Gasteiger partial charge >= 0.3 is 0 Å². The summed E-state index contributed by atoms with van der Waals surface area (Å²) in [6.45, 7) is 12.4. The van der Waals surface area contributed by atoms with E-state index in [0.717, 1.165) is 62.1 Å². The smallest absolute Gasteiger partial charge is 0.191 e. The first-order chi connectivity index (χ1) is 14.2. The molecule has 0 aliphatic carbocycles. The first-order valence-corrected chi connectivity index (χ1v) is 10.6. The highest BCUT2D eigenvalue weighted by Gasteiger charge is 2.01. The number of pyridine rings is 1. The van der Waals surface area contributed by atoms with E-state index in [2.05, 4.69) is 58.4 Å². The molecule has 6 nitrogen and oxygen atoms in total. The van der Waals surface area contributed by atoms with Crippen LogP contribution in [0, 0.1) is 0 Å². The Bertz CT molecular complexity index is 705. The van der Waals surface area contributed by atoms with Gasteiger partial charge < -0.3 is 20.3 Å². The highest BCUT2D eigenvalue weighted by Crippen LogP contribution is 2.13. The minimum Gasteiger partial charge on any atom is -0.492 e. The molecule has 166 valence electrons. The number of hydrogen-bond donors (Lipinski definition) is 2. The van der Waals surface area contributed by atoms with Gasteiger partial charge in [0.25, 0.3) is 0 Å². The number of likely N-dealkylation sites (N-methyl/N-ethyl adjacent to an activating group) is 1. The van der Waals surface area contributed by atoms with Crippen LogP contribution in [0.4, 0.5) is 0 Å². The highest BCUT2D eigenvalue weighted by molar-refractivity contribution is 14.0. The van der Waals surface area contributed by atoms with Crippen LogP contribution in [0.1, 0.15) is 32.0 Å². The molecule has 1 aromatic heterocycles. The van der Waals surface area contributed by atoms with E-state index in [1.165, 1.54) is 0 Å². The average Bonchev–Trinajstić information content (AvgIpc) is 2.76. The van der Waals surface area contributed by atoms with E-state index in [0.29, 0.717) is 13.2 Å². The standard InChI is InChI=1S/C23H35N5O.HI/c1-4-24-23(26-16-14-21-9-7-8-15-25-21)27-19-20-10-12-22(13-11-20)29-18-17-28(5-2)6-3;/h7-13,15H,4-6,14,16-19H2,1-3H3,(H2,24,26,27);1H. The molecule has 0 radical (unpaired) electrons. The Morgan fingerprint density at radius 3 is 2.43 bits per heavy atom. The number of aromatic nitrogens is 1. The molecule has 0 fully saturated rings. The lowest BCUT2D eigenvalue weighted by Crippen LogP contribution is -2.38. The summed E-state index contributed by atoms with van der Waals surface area (Å²) in [5.74, 6) is 1.73. The molecule has 1 aromatic carbocycles. The van der Waals surface area contributed by atoms with Crippen LogP contribution in [-0.4, -0.2) is 55.2 Å². The van der Waals surface area contributed by atoms with Gasteiger partial charge in [-0.3, -0.25) is 4.98 Å². The van der Waals surface area contributed by atoms with E-state index in [9.17, 15) is 0 Å². The third-order valence-electron chi connectivity index (χ3n) is 4.66. The van der Waals surface area contributed by atoms with Crippen molar-refractivity contribution in [2.75, 3.05) is 39.3 Å². The third-order valence-corrected chi connectivity index (χ3v) is 4.66. The molecule has 0 bridgehead atoms. The van der Waals surface area contributed by atoms with Crippen molar-refractivity contribution in [1.82, 2.24) is 20.5 Å². The van der Waals surface area contributed by atoms with Gasteiger partial charge in [0.15, 0.2) is 5.96 Å². The summed E-state index contributed by atoms with van der Waals surface area (Å²) >= 11 is 0. The molecule has 30 heavy (non-hydrogen) atoms. The van der Waals surface area contributed by atoms with Crippen molar-refractivity contribution in [2.24, 2.45) is 4.99 Å². The van der Waals surface area contributed by atoms with Crippen LogP contribution in [0.3, 0.4) is 0 Å². The van der Waals surface area contributed by atoms with Crippen LogP contribution in [0.15, 0.2) is 53.7 Å². The fraction of sp³-hybridized carbons (Fsp3) is 0.478. The summed E-state index contributed by atoms with van der Waals surface area (Å²) in [5.41, 5.74) is 2.23. The van der Waals surface area contributed by atoms with Crippen molar-refractivity contribution >= 4 is 29.9 Å². The van der Waals surface area contributed by atoms with Crippen LogP contribution in [0.25, 0.3) is 0 Å². The number of nitrogens with zero attached hydrogens (tertiary/aromatic N) is 3. The summed E-state index contributed by atoms with van der Waals surface area (Å²) in [4.78, 5) is 11.4. The molecule has 0 atom stereocenters. The number of nitrogens with one attached hydrogen (secondary N) is 2. The lowest BCUT2D eigenvalue weighted by atomic mass is 10.2. The minimum absolute atomic E-state index is 0. The zero-order chi connectivity index (χ0) is 20.7. The zero-order valence-electron chi connectivity index (χ0n) is 18.4. The highest BCUT2D eigenvalue weighted by atomic mass is 127. The quantitative estimate of drug-likeness (QED) is 0.251. The van der Waals surface area contributed by atoms with Crippen molar-refractivity contribution < 1.29 is 4.74 Å². The first kappa shape index (κ1) is 26.2. The number of guanidine groups is 1. The molecule has 2 rings (SSSR count). The summed E-state index contributed by atoms with van der Waals surface area (Å²) in [7, 11) is 0. The number of halogens is 1. The lowest BCUT2D eigenvalue weighted by molar-refractivity contribution is 0.223. The normalized spacial score (nSPS) is 11.1. The fourth-order valence-electron chi connectivity index (χ4n) is 2.89. The minimum atomic E-state index is 0. The monoisotopic (exact) mass is 525 g/mol. The molecule has 7 heteroatoms. The summed E-state index contributed by atoms with van der Waals surface area (Å²) < 4.78 is 5.85. The Hall–Kier alpha value is -1.87. The lowest BCUT2D eigenvalue weighted by Gasteiger charge is -2.18. The number of ether oxygens (including phenoxy) is 1. The largest absolute Gasteiger partial charge is 0.492 e. The molecule has 0 saturated heterocycles. The third kappa shape index (κ3) is 10.2. The SMILES string of the molecule is CCNC(=NCc1ccc(OCCN(CC)CC)cc1)NCCc1ccccn1.I. The van der Waals surface area contributed by atoms with Gasteiger partial charge in [0.1, 0.15) is 12.4 Å². The van der Waals surface area contributed by atoms with Crippen LogP contribution in [0.2, 0.25) is 0 Å². The Morgan fingerprint density at radius 2 is 1.80 bits per heavy atom. The van der Waals surface area contributed by atoms with Gasteiger partial charge in [-0.05, 0) is 49.8 Å². The fourth-order valence-corrected chi connectivity index (χ4v) is 2.89. The van der Waals surface area contributed by atoms with E-state index in [4.69, 9.17) is 4.74 Å². The van der Waals surface area contributed by atoms with E-state index < -0.39 is 0 Å². The number of rotatable bonds is 12. The maximum Gasteiger partial charge on any atom is 0.191 e. The van der Waals surface area contributed by atoms with Gasteiger partial charge in [-0.25, -0.2) is 4.99 Å². The Morgan fingerprint density at radius 1 is 1.03 bits per heavy atom. The van der Waals surface area contributed by atoms with Crippen molar-refractivity contribution in [3.05, 3.63) is 59.9 Å². The predicted molar refractivity (Wildman–Crippen MR) is 136 cm³/mol. The summed E-state index contributed by atoms with van der Waals surface area (Å²) in [6.07, 6.45) is 2.69. The van der Waals surface area contributed by atoms with Crippen LogP contribution in [-0.2, 0) is 13.0 Å². The molecule has 0 amide bonds. The maximum atomic E-state index is 5.85. The zero-order valence-corrected chi connectivity index (χ0v) is 20.8. The molecular weight excluding hydrogens is 489 g/mol. The number of hydrogen-bond acceptors (Lipinski definition) is 4. The second kappa shape index (κ2) is 15.9. The van der Waals surface area contributed by atoms with Gasteiger partial charge in [-0.1, -0.05) is 32.0 Å². The number of aliphatic imine (C=N–C) groups is 1. The second-order valence-electron chi connectivity index (χ2n) is 6.71. The van der Waals surface area contributed by atoms with Gasteiger partial charge in [0, 0.05) is 37.9 Å². The maximum absolute atomic E-state index is 5.85. The topological polar surface area (TPSA) is 61.8 Å². The molecule has 0 saturated carbocycles. The van der Waals surface area contributed by atoms with Gasteiger partial charge in [0.2, 0.25) is 0 Å². The molecule has 1 heterocycles. The molecule has 0 spiro atoms. The summed E-state index contributed by atoms with van der Waals surface area (Å²) in [5, 5.41) is 6.66. The van der Waals surface area contributed by atoms with E-state index >= 15 is 0 Å². The summed E-state index contributed by atoms with van der Waals surface area (Å²) in [6, 6.07) is 14.2. The van der Waals surface area contributed by atoms with E-state index in [-0.39, 0.29) is 24.0 Å².